The molecule has 0 saturated heterocycles. The van der Waals surface area contributed by atoms with Crippen molar-refractivity contribution < 1.29 is 0 Å². The molecule has 0 saturated carbocycles. The van der Waals surface area contributed by atoms with E-state index in [1.165, 1.54) is 6.20 Å². The van der Waals surface area contributed by atoms with Crippen molar-refractivity contribution >= 4 is 43.5 Å². The number of halogens is 2. The third-order valence-corrected chi connectivity index (χ3v) is 11.5. The zero-order valence-corrected chi connectivity index (χ0v) is 36.0. The Morgan fingerprint density at radius 2 is 1.00 bits per heavy atom. The van der Waals surface area contributed by atoms with Gasteiger partial charge in [-0.25, -0.2) is 15.0 Å². The summed E-state index contributed by atoms with van der Waals surface area (Å²) in [4.78, 5) is 26.3. The Bertz CT molecular complexity index is 3050. The molecule has 0 spiro atoms. The number of aromatic nitrogens is 4. The number of hydrogen-bond acceptors (Lipinski definition) is 10. The van der Waals surface area contributed by atoms with Crippen LogP contribution in [0.25, 0.3) is 11.1 Å². The van der Waals surface area contributed by atoms with E-state index < -0.39 is 11.1 Å². The Labute approximate surface area is 390 Å². The molecule has 314 valence electrons. The minimum absolute atomic E-state index is 0. The molecule has 8 aromatic rings. The normalized spacial score (nSPS) is 16.1. The van der Waals surface area contributed by atoms with Crippen molar-refractivity contribution in [3.8, 4) is 23.3 Å². The molecule has 64 heavy (non-hydrogen) atoms. The maximum Gasteiger partial charge on any atom is 0.139 e. The molecular formula is C52H42Br2N10. The monoisotopic (exact) mass is 964 g/mol. The summed E-state index contributed by atoms with van der Waals surface area (Å²) >= 11 is 6.72. The van der Waals surface area contributed by atoms with Crippen LogP contribution in [0.4, 0.5) is 0 Å². The lowest BCUT2D eigenvalue weighted by Gasteiger charge is -2.29. The minimum atomic E-state index is -0.764. The molecule has 0 radical (unpaired) electrons. The molecule has 6 heterocycles. The average Bonchev–Trinajstić information content (AvgIpc) is 3.82. The van der Waals surface area contributed by atoms with Gasteiger partial charge in [0.05, 0.1) is 11.1 Å². The van der Waals surface area contributed by atoms with Gasteiger partial charge in [0, 0.05) is 64.5 Å². The van der Waals surface area contributed by atoms with E-state index in [4.69, 9.17) is 26.7 Å². The number of benzene rings is 4. The van der Waals surface area contributed by atoms with E-state index in [1.54, 1.807) is 49.3 Å². The van der Waals surface area contributed by atoms with Crippen molar-refractivity contribution in [1.29, 1.82) is 10.5 Å². The maximum absolute atomic E-state index is 9.24. The largest absolute Gasteiger partial charge is 0.383 e. The first-order valence-electron chi connectivity index (χ1n) is 19.2. The molecule has 12 heteroatoms. The number of aliphatic imine (C=N–C) groups is 2. The molecule has 2 aliphatic rings. The van der Waals surface area contributed by atoms with Crippen molar-refractivity contribution in [2.45, 2.75) is 25.9 Å². The fourth-order valence-corrected chi connectivity index (χ4v) is 8.42. The van der Waals surface area contributed by atoms with E-state index in [2.05, 4.69) is 94.3 Å². The van der Waals surface area contributed by atoms with Crippen LogP contribution in [-0.2, 0) is 11.1 Å². The Morgan fingerprint density at radius 1 is 0.469 bits per heavy atom. The molecule has 10 rings (SSSR count). The number of nitrogens with two attached hydrogens (primary N) is 2. The third kappa shape index (κ3) is 8.83. The number of nitriles is 2. The smallest absolute Gasteiger partial charge is 0.139 e. The summed E-state index contributed by atoms with van der Waals surface area (Å²) in [6, 6.07) is 49.9. The van der Waals surface area contributed by atoms with Gasteiger partial charge in [-0.05, 0) is 116 Å². The van der Waals surface area contributed by atoms with Crippen molar-refractivity contribution in [2.75, 3.05) is 0 Å². The Kier molecular flexibility index (Phi) is 14.4. The highest BCUT2D eigenvalue weighted by molar-refractivity contribution is 9.10. The standard InChI is InChI=1S/C25H17N5.C19H14BrN3.C6H3BrN2.2CH4/c26-14-17-12-19(16-29-15-17)18-4-3-5-21(13-18)25(20-8-10-28-11-9-20)23-7-2-1-6-22(23)24(27)30-25;20-15-5-3-4-14(12-15)19(13-8-10-22-11-9-13)17-7-2-1-6-16(17)18(21)23-19;7-6-2-1-5(3-8)4-9-6;;/h1-13,15-16H,(H2,27,30);1-12H,(H2,21,23);1-2,4H;2*1H4. The molecule has 4 aromatic carbocycles. The van der Waals surface area contributed by atoms with Crippen LogP contribution in [-0.4, -0.2) is 31.6 Å². The van der Waals surface area contributed by atoms with Crippen LogP contribution in [0.15, 0.2) is 202 Å². The second kappa shape index (κ2) is 20.0. The van der Waals surface area contributed by atoms with Gasteiger partial charge < -0.3 is 11.5 Å². The van der Waals surface area contributed by atoms with Gasteiger partial charge in [0.15, 0.2) is 0 Å². The Hall–Kier alpha value is -7.64. The van der Waals surface area contributed by atoms with Crippen LogP contribution in [0.5, 0.6) is 0 Å². The van der Waals surface area contributed by atoms with E-state index in [0.717, 1.165) is 64.7 Å². The lowest BCUT2D eigenvalue weighted by molar-refractivity contribution is 0.670. The lowest BCUT2D eigenvalue weighted by atomic mass is 9.77. The van der Waals surface area contributed by atoms with E-state index in [0.29, 0.717) is 22.8 Å². The lowest BCUT2D eigenvalue weighted by Crippen LogP contribution is -2.25. The molecule has 2 aliphatic heterocycles. The van der Waals surface area contributed by atoms with Gasteiger partial charge in [0.25, 0.3) is 0 Å². The molecule has 10 nitrogen and oxygen atoms in total. The number of pyridine rings is 4. The fraction of sp³-hybridized carbons (Fsp3) is 0.0769. The second-order valence-corrected chi connectivity index (χ2v) is 15.9. The number of fused-ring (bicyclic) bond motifs is 2. The fourth-order valence-electron chi connectivity index (χ4n) is 7.78. The molecule has 0 bridgehead atoms. The topological polar surface area (TPSA) is 176 Å². The van der Waals surface area contributed by atoms with Crippen molar-refractivity contribution in [3.63, 3.8) is 0 Å². The van der Waals surface area contributed by atoms with Crippen LogP contribution < -0.4 is 11.5 Å². The van der Waals surface area contributed by atoms with Crippen molar-refractivity contribution in [2.24, 2.45) is 21.5 Å². The van der Waals surface area contributed by atoms with Crippen molar-refractivity contribution in [3.05, 3.63) is 248 Å². The molecule has 4 N–H and O–H groups in total. The highest BCUT2D eigenvalue weighted by atomic mass is 79.9. The van der Waals surface area contributed by atoms with E-state index in [9.17, 15) is 5.26 Å². The number of hydrogen-bond donors (Lipinski definition) is 2. The van der Waals surface area contributed by atoms with Crippen LogP contribution >= 0.6 is 31.9 Å². The first-order valence-corrected chi connectivity index (χ1v) is 20.8. The van der Waals surface area contributed by atoms with Crippen molar-refractivity contribution in [1.82, 2.24) is 19.9 Å². The van der Waals surface area contributed by atoms with Gasteiger partial charge >= 0.3 is 0 Å². The summed E-state index contributed by atoms with van der Waals surface area (Å²) < 4.78 is 1.77. The quantitative estimate of drug-likeness (QED) is 0.160. The SMILES string of the molecule is C.C.N#Cc1ccc(Br)nc1.N#Cc1cncc(-c2cccc(C3(c4ccncc4)N=C(N)c4ccccc43)c2)c1.NC1=NC(c2ccncc2)(c2cccc(Br)c2)c2ccccc21. The number of amidine groups is 2. The average molecular weight is 967 g/mol. The predicted octanol–water partition coefficient (Wildman–Crippen LogP) is 10.9. The zero-order valence-electron chi connectivity index (χ0n) is 32.8. The Balaban J connectivity index is 0.000000177. The summed E-state index contributed by atoms with van der Waals surface area (Å²) in [5.74, 6) is 1.08. The van der Waals surface area contributed by atoms with Gasteiger partial charge in [-0.2, -0.15) is 10.5 Å². The van der Waals surface area contributed by atoms with Gasteiger partial charge in [0.2, 0.25) is 0 Å². The van der Waals surface area contributed by atoms with Crippen LogP contribution in [0, 0.1) is 22.7 Å². The summed E-state index contributed by atoms with van der Waals surface area (Å²) in [7, 11) is 0. The highest BCUT2D eigenvalue weighted by Gasteiger charge is 2.44. The van der Waals surface area contributed by atoms with Crippen LogP contribution in [0.3, 0.4) is 0 Å². The zero-order chi connectivity index (χ0) is 43.1. The molecule has 0 amide bonds. The van der Waals surface area contributed by atoms with Crippen LogP contribution in [0.1, 0.15) is 70.5 Å². The number of rotatable bonds is 5. The van der Waals surface area contributed by atoms with Gasteiger partial charge in [-0.15, -0.1) is 0 Å². The molecule has 4 aromatic heterocycles. The minimum Gasteiger partial charge on any atom is -0.383 e. The Morgan fingerprint density at radius 3 is 1.52 bits per heavy atom. The molecule has 0 fully saturated rings. The molecule has 0 aliphatic carbocycles. The first-order chi connectivity index (χ1) is 30.3. The summed E-state index contributed by atoms with van der Waals surface area (Å²) in [5, 5.41) is 17.6. The van der Waals surface area contributed by atoms with E-state index in [-0.39, 0.29) is 14.9 Å². The maximum atomic E-state index is 9.24. The first kappa shape index (κ1) is 45.9. The molecule has 2 unspecified atom stereocenters. The summed E-state index contributed by atoms with van der Waals surface area (Å²) in [5.41, 5.74) is 22.4. The molecule has 2 atom stereocenters. The third-order valence-electron chi connectivity index (χ3n) is 10.5. The predicted molar refractivity (Wildman–Crippen MR) is 261 cm³/mol. The van der Waals surface area contributed by atoms with Gasteiger partial charge in [-0.3, -0.25) is 15.0 Å². The summed E-state index contributed by atoms with van der Waals surface area (Å²) in [6.45, 7) is 0. The van der Waals surface area contributed by atoms with E-state index >= 15 is 0 Å². The van der Waals surface area contributed by atoms with Gasteiger partial charge in [0.1, 0.15) is 39.5 Å². The van der Waals surface area contributed by atoms with Gasteiger partial charge in [-0.1, -0.05) is 110 Å². The second-order valence-electron chi connectivity index (χ2n) is 14.1. The summed E-state index contributed by atoms with van der Waals surface area (Å²) in [6.07, 6.45) is 12.0. The number of nitrogens with zero attached hydrogens (tertiary/aromatic N) is 8. The van der Waals surface area contributed by atoms with E-state index in [1.807, 2.05) is 97.1 Å². The molecular weight excluding hydrogens is 924 g/mol. The highest BCUT2D eigenvalue weighted by Crippen LogP contribution is 2.47. The van der Waals surface area contributed by atoms with Crippen LogP contribution in [0.2, 0.25) is 0 Å².